The normalized spacial score (nSPS) is 10.9. The van der Waals surface area contributed by atoms with Crippen molar-refractivity contribution in [1.82, 2.24) is 4.98 Å². The van der Waals surface area contributed by atoms with Gasteiger partial charge in [-0.25, -0.2) is 4.79 Å². The molecule has 0 radical (unpaired) electrons. The number of pyridine rings is 1. The van der Waals surface area contributed by atoms with Crippen LogP contribution in [0, 0.1) is 6.92 Å². The average molecular weight is 313 g/mol. The van der Waals surface area contributed by atoms with E-state index in [-0.39, 0.29) is 5.97 Å². The zero-order chi connectivity index (χ0) is 16.5. The molecule has 1 heterocycles. The van der Waals surface area contributed by atoms with E-state index in [1.807, 2.05) is 61.7 Å². The first kappa shape index (κ1) is 14.4. The largest absolute Gasteiger partial charge is 0.423 e. The zero-order valence-electron chi connectivity index (χ0n) is 13.2. The number of nitrogens with zero attached hydrogens (tertiary/aromatic N) is 1. The lowest BCUT2D eigenvalue weighted by molar-refractivity contribution is 0.0734. The maximum atomic E-state index is 12.6. The summed E-state index contributed by atoms with van der Waals surface area (Å²) < 4.78 is 5.49. The number of para-hydroxylation sites is 2. The Morgan fingerprint density at radius 3 is 2.50 bits per heavy atom. The van der Waals surface area contributed by atoms with Crippen molar-refractivity contribution in [2.24, 2.45) is 0 Å². The summed E-state index contributed by atoms with van der Waals surface area (Å²) in [5.74, 6) is 0.197. The lowest BCUT2D eigenvalue weighted by Gasteiger charge is -2.11. The molecule has 0 aliphatic carbocycles. The van der Waals surface area contributed by atoms with Gasteiger partial charge in [0.1, 0.15) is 5.75 Å². The van der Waals surface area contributed by atoms with Crippen LogP contribution in [-0.2, 0) is 0 Å². The van der Waals surface area contributed by atoms with Gasteiger partial charge in [0.25, 0.3) is 0 Å². The van der Waals surface area contributed by atoms with Gasteiger partial charge in [-0.15, -0.1) is 0 Å². The molecular weight excluding hydrogens is 298 g/mol. The number of carbonyl (C=O) groups is 1. The van der Waals surface area contributed by atoms with Crippen LogP contribution in [0.25, 0.3) is 21.7 Å². The molecule has 24 heavy (non-hydrogen) atoms. The summed E-state index contributed by atoms with van der Waals surface area (Å²) in [6, 6.07) is 20.8. The summed E-state index contributed by atoms with van der Waals surface area (Å²) in [5, 5.41) is 3.10. The van der Waals surface area contributed by atoms with Gasteiger partial charge >= 0.3 is 5.97 Å². The van der Waals surface area contributed by atoms with E-state index in [2.05, 4.69) is 4.98 Å². The van der Waals surface area contributed by atoms with Crippen molar-refractivity contribution in [3.05, 3.63) is 84.1 Å². The standard InChI is InChI=1S/C21H15NO2/c1-14-17(21(23)24-16-7-3-2-4-8-16)12-11-15-13-22-19-10-6-5-9-18(19)20(14)15/h2-13H,1H3. The Balaban J connectivity index is 1.86. The highest BCUT2D eigenvalue weighted by molar-refractivity contribution is 6.10. The Bertz CT molecular complexity index is 1060. The number of esters is 1. The molecule has 0 fully saturated rings. The van der Waals surface area contributed by atoms with Crippen molar-refractivity contribution in [2.45, 2.75) is 6.92 Å². The van der Waals surface area contributed by atoms with Crippen LogP contribution in [0.2, 0.25) is 0 Å². The highest BCUT2D eigenvalue weighted by atomic mass is 16.5. The molecule has 4 rings (SSSR count). The van der Waals surface area contributed by atoms with Crippen LogP contribution >= 0.6 is 0 Å². The van der Waals surface area contributed by atoms with Crippen LogP contribution in [0.15, 0.2) is 72.9 Å². The van der Waals surface area contributed by atoms with Gasteiger partial charge in [-0.05, 0) is 42.1 Å². The maximum Gasteiger partial charge on any atom is 0.343 e. The van der Waals surface area contributed by atoms with Crippen LogP contribution in [0.3, 0.4) is 0 Å². The molecule has 0 amide bonds. The second-order valence-electron chi connectivity index (χ2n) is 5.68. The number of aromatic nitrogens is 1. The van der Waals surface area contributed by atoms with Gasteiger partial charge in [-0.3, -0.25) is 4.98 Å². The van der Waals surface area contributed by atoms with E-state index in [0.29, 0.717) is 11.3 Å². The fraction of sp³-hybridized carbons (Fsp3) is 0.0476. The summed E-state index contributed by atoms with van der Waals surface area (Å²) in [7, 11) is 0. The molecule has 116 valence electrons. The third-order valence-corrected chi connectivity index (χ3v) is 4.19. The Labute approximate surface area is 139 Å². The summed E-state index contributed by atoms with van der Waals surface area (Å²) in [4.78, 5) is 17.1. The van der Waals surface area contributed by atoms with E-state index in [1.165, 1.54) is 0 Å². The molecule has 0 saturated carbocycles. The average Bonchev–Trinajstić information content (AvgIpc) is 2.62. The van der Waals surface area contributed by atoms with E-state index in [9.17, 15) is 4.79 Å². The lowest BCUT2D eigenvalue weighted by Crippen LogP contribution is -2.10. The Kier molecular flexibility index (Phi) is 3.47. The minimum Gasteiger partial charge on any atom is -0.423 e. The second-order valence-corrected chi connectivity index (χ2v) is 5.68. The Morgan fingerprint density at radius 2 is 1.67 bits per heavy atom. The predicted molar refractivity (Wildman–Crippen MR) is 95.4 cm³/mol. The fourth-order valence-electron chi connectivity index (χ4n) is 3.01. The van der Waals surface area contributed by atoms with E-state index < -0.39 is 0 Å². The van der Waals surface area contributed by atoms with Crippen molar-refractivity contribution in [3.8, 4) is 5.75 Å². The highest BCUT2D eigenvalue weighted by Gasteiger charge is 2.15. The second kappa shape index (κ2) is 5.78. The molecule has 0 spiro atoms. The Morgan fingerprint density at radius 1 is 0.917 bits per heavy atom. The van der Waals surface area contributed by atoms with Gasteiger partial charge < -0.3 is 4.74 Å². The number of fused-ring (bicyclic) bond motifs is 3. The van der Waals surface area contributed by atoms with Gasteiger partial charge in [0.05, 0.1) is 11.1 Å². The monoisotopic (exact) mass is 313 g/mol. The van der Waals surface area contributed by atoms with Crippen LogP contribution in [0.1, 0.15) is 15.9 Å². The molecule has 0 aliphatic heterocycles. The molecule has 0 bridgehead atoms. The molecule has 3 aromatic carbocycles. The first-order chi connectivity index (χ1) is 11.7. The molecular formula is C21H15NO2. The van der Waals surface area contributed by atoms with Gasteiger partial charge in [-0.2, -0.15) is 0 Å². The minimum atomic E-state index is -0.346. The third-order valence-electron chi connectivity index (χ3n) is 4.19. The molecule has 3 nitrogen and oxygen atoms in total. The first-order valence-corrected chi connectivity index (χ1v) is 7.78. The highest BCUT2D eigenvalue weighted by Crippen LogP contribution is 2.29. The predicted octanol–water partition coefficient (Wildman–Crippen LogP) is 4.92. The third kappa shape index (κ3) is 2.40. The van der Waals surface area contributed by atoms with Gasteiger partial charge in [-0.1, -0.05) is 42.5 Å². The summed E-state index contributed by atoms with van der Waals surface area (Å²) in [6.07, 6.45) is 1.84. The molecule has 1 aromatic heterocycles. The number of hydrogen-bond donors (Lipinski definition) is 0. The van der Waals surface area contributed by atoms with Crippen LogP contribution < -0.4 is 4.74 Å². The number of carbonyl (C=O) groups excluding carboxylic acids is 1. The smallest absolute Gasteiger partial charge is 0.343 e. The van der Waals surface area contributed by atoms with Crippen molar-refractivity contribution in [1.29, 1.82) is 0 Å². The van der Waals surface area contributed by atoms with Crippen LogP contribution in [-0.4, -0.2) is 11.0 Å². The topological polar surface area (TPSA) is 39.2 Å². The molecule has 0 N–H and O–H groups in total. The number of ether oxygens (including phenoxy) is 1. The SMILES string of the molecule is Cc1c(C(=O)Oc2ccccc2)ccc2cnc3ccccc3c12. The van der Waals surface area contributed by atoms with Crippen molar-refractivity contribution in [2.75, 3.05) is 0 Å². The number of rotatable bonds is 2. The van der Waals surface area contributed by atoms with Crippen LogP contribution in [0.5, 0.6) is 5.75 Å². The molecule has 0 saturated heterocycles. The van der Waals surface area contributed by atoms with Gasteiger partial charge in [0.15, 0.2) is 0 Å². The number of hydrogen-bond acceptors (Lipinski definition) is 3. The fourth-order valence-corrected chi connectivity index (χ4v) is 3.01. The van der Waals surface area contributed by atoms with Crippen molar-refractivity contribution in [3.63, 3.8) is 0 Å². The van der Waals surface area contributed by atoms with E-state index in [4.69, 9.17) is 4.74 Å². The van der Waals surface area contributed by atoms with Gasteiger partial charge in [0, 0.05) is 17.0 Å². The minimum absolute atomic E-state index is 0.346. The van der Waals surface area contributed by atoms with E-state index in [0.717, 1.165) is 27.2 Å². The molecule has 0 atom stereocenters. The van der Waals surface area contributed by atoms with Gasteiger partial charge in [0.2, 0.25) is 0 Å². The van der Waals surface area contributed by atoms with Crippen molar-refractivity contribution < 1.29 is 9.53 Å². The van der Waals surface area contributed by atoms with E-state index in [1.54, 1.807) is 18.2 Å². The molecule has 0 aliphatic rings. The molecule has 0 unspecified atom stereocenters. The van der Waals surface area contributed by atoms with E-state index >= 15 is 0 Å². The quantitative estimate of drug-likeness (QED) is 0.300. The van der Waals surface area contributed by atoms with Crippen LogP contribution in [0.4, 0.5) is 0 Å². The summed E-state index contributed by atoms with van der Waals surface area (Å²) >= 11 is 0. The summed E-state index contributed by atoms with van der Waals surface area (Å²) in [5.41, 5.74) is 2.40. The summed E-state index contributed by atoms with van der Waals surface area (Å²) in [6.45, 7) is 1.95. The molecule has 4 aromatic rings. The first-order valence-electron chi connectivity index (χ1n) is 7.78. The number of aryl methyl sites for hydroxylation is 1. The zero-order valence-corrected chi connectivity index (χ0v) is 13.2. The number of benzene rings is 3. The Hall–Kier alpha value is -3.20. The van der Waals surface area contributed by atoms with Crippen molar-refractivity contribution >= 4 is 27.6 Å². The maximum absolute atomic E-state index is 12.6. The molecule has 3 heteroatoms. The lowest BCUT2D eigenvalue weighted by atomic mass is 9.98.